The SMILES string of the molecule is CC1(C)CC[C@H](NC(=O)OCc2ccccc2)CO1. The van der Waals surface area contributed by atoms with E-state index in [1.54, 1.807) is 0 Å². The van der Waals surface area contributed by atoms with Crippen molar-refractivity contribution in [2.24, 2.45) is 0 Å². The summed E-state index contributed by atoms with van der Waals surface area (Å²) in [7, 11) is 0. The Morgan fingerprint density at radius 3 is 2.79 bits per heavy atom. The molecule has 2 rings (SSSR count). The van der Waals surface area contributed by atoms with Crippen LogP contribution in [-0.4, -0.2) is 24.3 Å². The van der Waals surface area contributed by atoms with Crippen molar-refractivity contribution in [3.05, 3.63) is 35.9 Å². The summed E-state index contributed by atoms with van der Waals surface area (Å²) < 4.78 is 10.8. The van der Waals surface area contributed by atoms with Gasteiger partial charge >= 0.3 is 6.09 Å². The summed E-state index contributed by atoms with van der Waals surface area (Å²) in [6.45, 7) is 4.98. The van der Waals surface area contributed by atoms with Crippen molar-refractivity contribution < 1.29 is 14.3 Å². The molecule has 19 heavy (non-hydrogen) atoms. The molecule has 0 spiro atoms. The smallest absolute Gasteiger partial charge is 0.407 e. The van der Waals surface area contributed by atoms with E-state index in [9.17, 15) is 4.79 Å². The maximum absolute atomic E-state index is 11.7. The van der Waals surface area contributed by atoms with Crippen molar-refractivity contribution in [2.45, 2.75) is 44.9 Å². The largest absolute Gasteiger partial charge is 0.445 e. The predicted octanol–water partition coefficient (Wildman–Crippen LogP) is 2.87. The molecule has 104 valence electrons. The first-order valence-electron chi connectivity index (χ1n) is 6.66. The molecule has 0 aliphatic carbocycles. The van der Waals surface area contributed by atoms with Crippen LogP contribution in [-0.2, 0) is 16.1 Å². The van der Waals surface area contributed by atoms with Crippen LogP contribution in [0.25, 0.3) is 0 Å². The Balaban J connectivity index is 1.70. The third-order valence-electron chi connectivity index (χ3n) is 3.30. The van der Waals surface area contributed by atoms with Crippen molar-refractivity contribution >= 4 is 6.09 Å². The highest BCUT2D eigenvalue weighted by molar-refractivity contribution is 5.67. The highest BCUT2D eigenvalue weighted by Gasteiger charge is 2.28. The van der Waals surface area contributed by atoms with Crippen molar-refractivity contribution in [2.75, 3.05) is 6.61 Å². The van der Waals surface area contributed by atoms with Crippen LogP contribution in [0.2, 0.25) is 0 Å². The molecular formula is C15H21NO3. The van der Waals surface area contributed by atoms with Crippen molar-refractivity contribution in [1.82, 2.24) is 5.32 Å². The Morgan fingerprint density at radius 2 is 2.16 bits per heavy atom. The Kier molecular flexibility index (Phi) is 4.43. The summed E-state index contributed by atoms with van der Waals surface area (Å²) in [6, 6.07) is 9.70. The van der Waals surface area contributed by atoms with E-state index in [2.05, 4.69) is 19.2 Å². The molecule has 4 nitrogen and oxygen atoms in total. The van der Waals surface area contributed by atoms with Crippen molar-refractivity contribution in [3.63, 3.8) is 0 Å². The Bertz CT molecular complexity index is 407. The third kappa shape index (κ3) is 4.56. The number of alkyl carbamates (subject to hydrolysis) is 1. The van der Waals surface area contributed by atoms with E-state index in [0.29, 0.717) is 13.2 Å². The molecule has 1 heterocycles. The average Bonchev–Trinajstić information content (AvgIpc) is 2.40. The second kappa shape index (κ2) is 6.06. The molecule has 1 atom stereocenters. The van der Waals surface area contributed by atoms with Gasteiger partial charge < -0.3 is 14.8 Å². The zero-order chi connectivity index (χ0) is 13.7. The van der Waals surface area contributed by atoms with Gasteiger partial charge in [0.1, 0.15) is 6.61 Å². The van der Waals surface area contributed by atoms with E-state index in [4.69, 9.17) is 9.47 Å². The molecule has 1 fully saturated rings. The Labute approximate surface area is 114 Å². The fraction of sp³-hybridized carbons (Fsp3) is 0.533. The lowest BCUT2D eigenvalue weighted by Gasteiger charge is -2.34. The molecule has 0 unspecified atom stereocenters. The van der Waals surface area contributed by atoms with Gasteiger partial charge in [-0.05, 0) is 32.3 Å². The third-order valence-corrected chi connectivity index (χ3v) is 3.30. The fourth-order valence-corrected chi connectivity index (χ4v) is 2.05. The molecule has 1 amide bonds. The minimum atomic E-state index is -0.378. The van der Waals surface area contributed by atoms with Crippen molar-refractivity contribution in [1.29, 1.82) is 0 Å². The minimum absolute atomic E-state index is 0.0521. The molecular weight excluding hydrogens is 242 g/mol. The van der Waals surface area contributed by atoms with E-state index in [1.807, 2.05) is 30.3 Å². The lowest BCUT2D eigenvalue weighted by molar-refractivity contribution is -0.0648. The van der Waals surface area contributed by atoms with E-state index in [1.165, 1.54) is 0 Å². The van der Waals surface area contributed by atoms with Crippen LogP contribution in [0.1, 0.15) is 32.3 Å². The van der Waals surface area contributed by atoms with Gasteiger partial charge in [-0.2, -0.15) is 0 Å². The molecule has 1 aliphatic rings. The lowest BCUT2D eigenvalue weighted by atomic mass is 9.96. The number of rotatable bonds is 3. The van der Waals surface area contributed by atoms with Crippen LogP contribution in [0.4, 0.5) is 4.79 Å². The summed E-state index contributed by atoms with van der Waals surface area (Å²) in [6.07, 6.45) is 1.49. The number of ether oxygens (including phenoxy) is 2. The second-order valence-electron chi connectivity index (χ2n) is 5.51. The van der Waals surface area contributed by atoms with Crippen LogP contribution in [0, 0.1) is 0 Å². The van der Waals surface area contributed by atoms with Crippen LogP contribution in [0.3, 0.4) is 0 Å². The van der Waals surface area contributed by atoms with Gasteiger partial charge in [0, 0.05) is 0 Å². The highest BCUT2D eigenvalue weighted by atomic mass is 16.5. The summed E-state index contributed by atoms with van der Waals surface area (Å²) in [5, 5.41) is 2.84. The molecule has 0 bridgehead atoms. The van der Waals surface area contributed by atoms with E-state index in [0.717, 1.165) is 18.4 Å². The van der Waals surface area contributed by atoms with E-state index in [-0.39, 0.29) is 17.7 Å². The summed E-state index contributed by atoms with van der Waals surface area (Å²) >= 11 is 0. The zero-order valence-corrected chi connectivity index (χ0v) is 11.5. The Hall–Kier alpha value is -1.55. The van der Waals surface area contributed by atoms with Gasteiger partial charge in [0.25, 0.3) is 0 Å². The molecule has 0 saturated carbocycles. The van der Waals surface area contributed by atoms with E-state index < -0.39 is 0 Å². The summed E-state index contributed by atoms with van der Waals surface area (Å²) in [4.78, 5) is 11.7. The molecule has 1 N–H and O–H groups in total. The predicted molar refractivity (Wildman–Crippen MR) is 72.8 cm³/mol. The molecule has 1 aromatic rings. The fourth-order valence-electron chi connectivity index (χ4n) is 2.05. The van der Waals surface area contributed by atoms with Gasteiger partial charge in [-0.3, -0.25) is 0 Å². The van der Waals surface area contributed by atoms with Gasteiger partial charge in [-0.1, -0.05) is 30.3 Å². The number of nitrogens with one attached hydrogen (secondary N) is 1. The number of hydrogen-bond donors (Lipinski definition) is 1. The number of carbonyl (C=O) groups is 1. The molecule has 1 aromatic carbocycles. The minimum Gasteiger partial charge on any atom is -0.445 e. The quantitative estimate of drug-likeness (QED) is 0.912. The maximum Gasteiger partial charge on any atom is 0.407 e. The average molecular weight is 263 g/mol. The van der Waals surface area contributed by atoms with Gasteiger partial charge in [-0.15, -0.1) is 0 Å². The molecule has 4 heteroatoms. The molecule has 0 aromatic heterocycles. The summed E-state index contributed by atoms with van der Waals surface area (Å²) in [5.74, 6) is 0. The normalized spacial score (nSPS) is 21.7. The maximum atomic E-state index is 11.7. The highest BCUT2D eigenvalue weighted by Crippen LogP contribution is 2.23. The lowest BCUT2D eigenvalue weighted by Crippen LogP contribution is -2.45. The first kappa shape index (κ1) is 13.9. The van der Waals surface area contributed by atoms with Crippen LogP contribution in [0.15, 0.2) is 30.3 Å². The van der Waals surface area contributed by atoms with Crippen LogP contribution in [0.5, 0.6) is 0 Å². The zero-order valence-electron chi connectivity index (χ0n) is 11.5. The number of carbonyl (C=O) groups excluding carboxylic acids is 1. The topological polar surface area (TPSA) is 47.6 Å². The first-order chi connectivity index (χ1) is 9.05. The molecule has 1 aliphatic heterocycles. The van der Waals surface area contributed by atoms with Crippen molar-refractivity contribution in [3.8, 4) is 0 Å². The number of benzene rings is 1. The number of hydrogen-bond acceptors (Lipinski definition) is 3. The van der Waals surface area contributed by atoms with Crippen LogP contribution < -0.4 is 5.32 Å². The van der Waals surface area contributed by atoms with Crippen LogP contribution >= 0.6 is 0 Å². The van der Waals surface area contributed by atoms with Gasteiger partial charge in [0.2, 0.25) is 0 Å². The first-order valence-corrected chi connectivity index (χ1v) is 6.66. The van der Waals surface area contributed by atoms with E-state index >= 15 is 0 Å². The number of amides is 1. The Morgan fingerprint density at radius 1 is 1.42 bits per heavy atom. The molecule has 0 radical (unpaired) electrons. The molecule has 1 saturated heterocycles. The summed E-state index contributed by atoms with van der Waals surface area (Å²) in [5.41, 5.74) is 0.908. The van der Waals surface area contributed by atoms with Gasteiger partial charge in [0.05, 0.1) is 18.2 Å². The van der Waals surface area contributed by atoms with Gasteiger partial charge in [0.15, 0.2) is 0 Å². The standard InChI is InChI=1S/C15H21NO3/c1-15(2)9-8-13(11-19-15)16-14(17)18-10-12-6-4-3-5-7-12/h3-7,13H,8-11H2,1-2H3,(H,16,17)/t13-/m0/s1. The van der Waals surface area contributed by atoms with Gasteiger partial charge in [-0.25, -0.2) is 4.79 Å². The monoisotopic (exact) mass is 263 g/mol. The second-order valence-corrected chi connectivity index (χ2v) is 5.51.